The van der Waals surface area contributed by atoms with E-state index in [1.807, 2.05) is 31.2 Å². The van der Waals surface area contributed by atoms with Gasteiger partial charge in [-0.3, -0.25) is 9.20 Å². The normalized spacial score (nSPS) is 14.3. The number of rotatable bonds is 7. The van der Waals surface area contributed by atoms with Gasteiger partial charge in [-0.25, -0.2) is 4.98 Å². The van der Waals surface area contributed by atoms with Gasteiger partial charge in [0, 0.05) is 31.5 Å². The highest BCUT2D eigenvalue weighted by Crippen LogP contribution is 2.24. The van der Waals surface area contributed by atoms with Crippen LogP contribution in [0.15, 0.2) is 42.6 Å². The lowest BCUT2D eigenvalue weighted by Crippen LogP contribution is -2.36. The molecule has 1 aliphatic rings. The van der Waals surface area contributed by atoms with Crippen LogP contribution in [0.4, 0.5) is 14.5 Å². The van der Waals surface area contributed by atoms with Gasteiger partial charge in [0.2, 0.25) is 0 Å². The Morgan fingerprint density at radius 3 is 2.65 bits per heavy atom. The van der Waals surface area contributed by atoms with Gasteiger partial charge in [-0.2, -0.15) is 8.78 Å². The van der Waals surface area contributed by atoms with Crippen molar-refractivity contribution in [2.45, 2.75) is 26.5 Å². The standard InChI is InChI=1S/C22H24F2N4O3/c1-2-17-19(28-9-3-4-18(20(28)26-17)31-22(23)24)21(29)25-14-15-5-7-16(8-6-15)27-10-12-30-13-11-27/h3-9,22H,2,10-14H2,1H3,(H,25,29). The molecule has 0 spiro atoms. The number of anilines is 1. The maximum atomic E-state index is 12.9. The van der Waals surface area contributed by atoms with E-state index in [9.17, 15) is 13.6 Å². The summed E-state index contributed by atoms with van der Waals surface area (Å²) in [6.45, 7) is 2.40. The second-order valence-corrected chi connectivity index (χ2v) is 7.15. The number of aryl methyl sites for hydroxylation is 1. The van der Waals surface area contributed by atoms with Crippen LogP contribution >= 0.6 is 0 Å². The van der Waals surface area contributed by atoms with Crippen molar-refractivity contribution in [3.63, 3.8) is 0 Å². The van der Waals surface area contributed by atoms with Crippen LogP contribution in [0.3, 0.4) is 0 Å². The van der Waals surface area contributed by atoms with E-state index >= 15 is 0 Å². The number of amides is 1. The maximum absolute atomic E-state index is 12.9. The molecule has 1 saturated heterocycles. The number of fused-ring (bicyclic) bond motifs is 1. The molecule has 1 fully saturated rings. The summed E-state index contributed by atoms with van der Waals surface area (Å²) >= 11 is 0. The van der Waals surface area contributed by atoms with Crippen LogP contribution in [0, 0.1) is 0 Å². The van der Waals surface area contributed by atoms with E-state index in [0.29, 0.717) is 24.4 Å². The fraction of sp³-hybridized carbons (Fsp3) is 0.364. The molecule has 4 rings (SSSR count). The Labute approximate surface area is 178 Å². The van der Waals surface area contributed by atoms with Crippen molar-refractivity contribution in [2.24, 2.45) is 0 Å². The van der Waals surface area contributed by atoms with Crippen molar-refractivity contribution >= 4 is 17.2 Å². The number of pyridine rings is 1. The second kappa shape index (κ2) is 9.30. The molecule has 0 bridgehead atoms. The van der Waals surface area contributed by atoms with Crippen LogP contribution in [-0.4, -0.2) is 48.2 Å². The zero-order chi connectivity index (χ0) is 21.8. The average molecular weight is 430 g/mol. The van der Waals surface area contributed by atoms with Crippen molar-refractivity contribution in [1.82, 2.24) is 14.7 Å². The Kier molecular flexibility index (Phi) is 6.31. The van der Waals surface area contributed by atoms with E-state index in [1.165, 1.54) is 10.5 Å². The number of carbonyl (C=O) groups is 1. The number of alkyl halides is 2. The fourth-order valence-electron chi connectivity index (χ4n) is 3.68. The van der Waals surface area contributed by atoms with Crippen molar-refractivity contribution in [2.75, 3.05) is 31.2 Å². The molecule has 1 aliphatic heterocycles. The van der Waals surface area contributed by atoms with Gasteiger partial charge >= 0.3 is 6.61 Å². The number of halogens is 2. The van der Waals surface area contributed by atoms with E-state index in [4.69, 9.17) is 4.74 Å². The highest BCUT2D eigenvalue weighted by molar-refractivity contribution is 5.95. The van der Waals surface area contributed by atoms with Gasteiger partial charge in [0.15, 0.2) is 11.4 Å². The summed E-state index contributed by atoms with van der Waals surface area (Å²) in [7, 11) is 0. The summed E-state index contributed by atoms with van der Waals surface area (Å²) < 4.78 is 36.8. The van der Waals surface area contributed by atoms with Crippen LogP contribution in [0.2, 0.25) is 0 Å². The van der Waals surface area contributed by atoms with Crippen molar-refractivity contribution in [1.29, 1.82) is 0 Å². The van der Waals surface area contributed by atoms with Crippen LogP contribution in [0.5, 0.6) is 5.75 Å². The first kappa shape index (κ1) is 21.0. The van der Waals surface area contributed by atoms with Gasteiger partial charge in [-0.15, -0.1) is 0 Å². The lowest BCUT2D eigenvalue weighted by atomic mass is 10.1. The van der Waals surface area contributed by atoms with Gasteiger partial charge < -0.3 is 19.7 Å². The summed E-state index contributed by atoms with van der Waals surface area (Å²) in [5.41, 5.74) is 3.12. The van der Waals surface area contributed by atoms with Crippen molar-refractivity contribution in [3.8, 4) is 5.75 Å². The van der Waals surface area contributed by atoms with Gasteiger partial charge in [0.05, 0.1) is 18.9 Å². The van der Waals surface area contributed by atoms with Crippen LogP contribution in [-0.2, 0) is 17.7 Å². The van der Waals surface area contributed by atoms with Crippen LogP contribution in [0.1, 0.15) is 28.7 Å². The molecule has 3 heterocycles. The Morgan fingerprint density at radius 2 is 1.97 bits per heavy atom. The number of imidazole rings is 1. The number of nitrogens with zero attached hydrogens (tertiary/aromatic N) is 3. The highest BCUT2D eigenvalue weighted by Gasteiger charge is 2.21. The largest absolute Gasteiger partial charge is 0.431 e. The zero-order valence-electron chi connectivity index (χ0n) is 17.2. The first-order chi connectivity index (χ1) is 15.1. The van der Waals surface area contributed by atoms with E-state index < -0.39 is 6.61 Å². The monoisotopic (exact) mass is 430 g/mol. The van der Waals surface area contributed by atoms with Crippen LogP contribution < -0.4 is 15.0 Å². The molecule has 164 valence electrons. The molecule has 0 radical (unpaired) electrons. The minimum atomic E-state index is -2.97. The molecular formula is C22H24F2N4O3. The Balaban J connectivity index is 1.49. The molecule has 7 nitrogen and oxygen atoms in total. The number of ether oxygens (including phenoxy) is 2. The number of hydrogen-bond donors (Lipinski definition) is 1. The van der Waals surface area contributed by atoms with Gasteiger partial charge in [0.1, 0.15) is 5.69 Å². The third kappa shape index (κ3) is 4.61. The van der Waals surface area contributed by atoms with E-state index in [2.05, 4.69) is 19.9 Å². The maximum Gasteiger partial charge on any atom is 0.387 e. The van der Waals surface area contributed by atoms with Crippen molar-refractivity contribution in [3.05, 3.63) is 59.5 Å². The first-order valence-electron chi connectivity index (χ1n) is 10.2. The number of morpholine rings is 1. The quantitative estimate of drug-likeness (QED) is 0.623. The molecule has 3 aromatic rings. The summed E-state index contributed by atoms with van der Waals surface area (Å²) in [5, 5.41) is 2.91. The molecule has 1 aromatic carbocycles. The number of carbonyl (C=O) groups excluding carboxylic acids is 1. The molecule has 0 atom stereocenters. The van der Waals surface area contributed by atoms with Gasteiger partial charge in [0.25, 0.3) is 5.91 Å². The van der Waals surface area contributed by atoms with Gasteiger partial charge in [-0.05, 0) is 36.2 Å². The fourth-order valence-corrected chi connectivity index (χ4v) is 3.68. The summed E-state index contributed by atoms with van der Waals surface area (Å²) in [6, 6.07) is 11.0. The predicted molar refractivity (Wildman–Crippen MR) is 112 cm³/mol. The third-order valence-corrected chi connectivity index (χ3v) is 5.22. The molecular weight excluding hydrogens is 406 g/mol. The molecule has 1 N–H and O–H groups in total. The Bertz CT molecular complexity index is 1050. The van der Waals surface area contributed by atoms with Gasteiger partial charge in [-0.1, -0.05) is 19.1 Å². The van der Waals surface area contributed by atoms with E-state index in [1.54, 1.807) is 12.3 Å². The van der Waals surface area contributed by atoms with Crippen LogP contribution in [0.25, 0.3) is 5.65 Å². The second-order valence-electron chi connectivity index (χ2n) is 7.15. The summed E-state index contributed by atoms with van der Waals surface area (Å²) in [6.07, 6.45) is 2.10. The number of aromatic nitrogens is 2. The lowest BCUT2D eigenvalue weighted by molar-refractivity contribution is -0.0491. The molecule has 31 heavy (non-hydrogen) atoms. The smallest absolute Gasteiger partial charge is 0.387 e. The summed E-state index contributed by atoms with van der Waals surface area (Å²) in [4.78, 5) is 19.5. The SMILES string of the molecule is CCc1nc2c(OC(F)F)cccn2c1C(=O)NCc1ccc(N2CCOCC2)cc1. The Morgan fingerprint density at radius 1 is 1.23 bits per heavy atom. The molecule has 0 unspecified atom stereocenters. The molecule has 0 saturated carbocycles. The minimum absolute atomic E-state index is 0.0649. The molecule has 9 heteroatoms. The lowest BCUT2D eigenvalue weighted by Gasteiger charge is -2.28. The first-order valence-corrected chi connectivity index (χ1v) is 10.2. The zero-order valence-corrected chi connectivity index (χ0v) is 17.2. The predicted octanol–water partition coefficient (Wildman–Crippen LogP) is 3.26. The molecule has 0 aliphatic carbocycles. The molecule has 2 aromatic heterocycles. The van der Waals surface area contributed by atoms with E-state index in [-0.39, 0.29) is 17.3 Å². The number of hydrogen-bond acceptors (Lipinski definition) is 5. The average Bonchev–Trinajstić information content (AvgIpc) is 3.18. The third-order valence-electron chi connectivity index (χ3n) is 5.22. The van der Waals surface area contributed by atoms with Crippen molar-refractivity contribution < 1.29 is 23.0 Å². The Hall–Kier alpha value is -3.20. The summed E-state index contributed by atoms with van der Waals surface area (Å²) in [5.74, 6) is -0.388. The topological polar surface area (TPSA) is 68.1 Å². The minimum Gasteiger partial charge on any atom is -0.431 e. The number of benzene rings is 1. The van der Waals surface area contributed by atoms with E-state index in [0.717, 1.165) is 37.6 Å². The molecule has 1 amide bonds. The number of nitrogens with one attached hydrogen (secondary N) is 1. The highest BCUT2D eigenvalue weighted by atomic mass is 19.3.